The Morgan fingerprint density at radius 3 is 2.74 bits per heavy atom. The number of benzene rings is 1. The van der Waals surface area contributed by atoms with Crippen LogP contribution in [-0.4, -0.2) is 79.4 Å². The zero-order chi connectivity index (χ0) is 29.4. The number of hydrogen-bond donors (Lipinski definition) is 0. The van der Waals surface area contributed by atoms with Crippen LogP contribution in [0.5, 0.6) is 0 Å². The van der Waals surface area contributed by atoms with Crippen molar-refractivity contribution in [3.63, 3.8) is 0 Å². The van der Waals surface area contributed by atoms with Crippen molar-refractivity contribution in [1.82, 2.24) is 24.1 Å². The van der Waals surface area contributed by atoms with E-state index in [1.807, 2.05) is 35.4 Å². The van der Waals surface area contributed by atoms with Crippen LogP contribution in [0.15, 0.2) is 41.8 Å². The fraction of sp³-hybridized carbons (Fsp3) is 0.533. The molecule has 6 rings (SSSR count). The molecule has 1 saturated heterocycles. The Balaban J connectivity index is 1.18. The van der Waals surface area contributed by atoms with E-state index in [9.17, 15) is 14.4 Å². The molecule has 1 atom stereocenters. The number of azide groups is 1. The zero-order valence-electron chi connectivity index (χ0n) is 24.1. The number of fused-ring (bicyclic) bond motifs is 2. The minimum atomic E-state index is -0.959. The van der Waals surface area contributed by atoms with Gasteiger partial charge in [0, 0.05) is 71.9 Å². The third kappa shape index (κ3) is 5.59. The van der Waals surface area contributed by atoms with Gasteiger partial charge in [0.15, 0.2) is 0 Å². The van der Waals surface area contributed by atoms with E-state index < -0.39 is 11.7 Å². The SMILES string of the molecule is CC(C)(CN=[N+]=[N-])OC(=O)n1cc2c(n1)CCC(N(C(=O)c1cccc3c1ccn3CCN1CCCC1=O)C1CC1)C2. The second-order valence-electron chi connectivity index (χ2n) is 12.1. The number of likely N-dealkylation sites (tertiary alicyclic amines) is 1. The van der Waals surface area contributed by atoms with Gasteiger partial charge in [0.05, 0.1) is 12.2 Å². The maximum Gasteiger partial charge on any atom is 0.435 e. The van der Waals surface area contributed by atoms with Gasteiger partial charge in [-0.05, 0) is 81.7 Å². The lowest BCUT2D eigenvalue weighted by Gasteiger charge is -2.34. The molecule has 2 aliphatic carbocycles. The Hall–Kier alpha value is -4.31. The van der Waals surface area contributed by atoms with E-state index in [2.05, 4.69) is 24.6 Å². The standard InChI is InChI=1S/C30H36N8O4/c1-30(2,19-32-34-31)42-29(41)37-18-20-17-22(10-11-25(20)33-37)38(21-8-9-21)28(40)24-5-3-6-26-23(24)12-14-35(26)15-16-36-13-4-7-27(36)39/h3,5-6,12,14,18,21-22H,4,7-11,13,15-17,19H2,1-2H3. The van der Waals surface area contributed by atoms with Crippen LogP contribution >= 0.6 is 0 Å². The Bertz CT molecular complexity index is 1580. The monoisotopic (exact) mass is 572 g/mol. The minimum absolute atomic E-state index is 0.00565. The molecule has 1 saturated carbocycles. The van der Waals surface area contributed by atoms with Gasteiger partial charge < -0.3 is 19.1 Å². The van der Waals surface area contributed by atoms with E-state index in [0.29, 0.717) is 37.9 Å². The van der Waals surface area contributed by atoms with Crippen LogP contribution in [0.25, 0.3) is 21.3 Å². The van der Waals surface area contributed by atoms with Crippen molar-refractivity contribution in [3.8, 4) is 0 Å². The molecule has 42 heavy (non-hydrogen) atoms. The molecule has 0 spiro atoms. The Morgan fingerprint density at radius 1 is 1.17 bits per heavy atom. The molecule has 3 aromatic rings. The summed E-state index contributed by atoms with van der Waals surface area (Å²) in [4.78, 5) is 45.7. The summed E-state index contributed by atoms with van der Waals surface area (Å²) in [6.07, 6.45) is 8.67. The van der Waals surface area contributed by atoms with Crippen molar-refractivity contribution in [3.05, 3.63) is 63.9 Å². The summed E-state index contributed by atoms with van der Waals surface area (Å²) in [5.74, 6) is 0.255. The van der Waals surface area contributed by atoms with E-state index in [1.165, 1.54) is 4.68 Å². The molecule has 3 heterocycles. The predicted octanol–water partition coefficient (Wildman–Crippen LogP) is 4.70. The van der Waals surface area contributed by atoms with E-state index >= 15 is 0 Å². The van der Waals surface area contributed by atoms with Gasteiger partial charge in [-0.2, -0.15) is 9.78 Å². The van der Waals surface area contributed by atoms with Gasteiger partial charge in [0.1, 0.15) is 5.60 Å². The molecule has 12 nitrogen and oxygen atoms in total. The number of aryl methyl sites for hydroxylation is 1. The maximum atomic E-state index is 14.2. The first-order valence-electron chi connectivity index (χ1n) is 14.7. The molecule has 2 aromatic heterocycles. The molecule has 0 radical (unpaired) electrons. The minimum Gasteiger partial charge on any atom is -0.442 e. The summed E-state index contributed by atoms with van der Waals surface area (Å²) < 4.78 is 8.88. The van der Waals surface area contributed by atoms with Crippen molar-refractivity contribution in [2.75, 3.05) is 19.6 Å². The zero-order valence-corrected chi connectivity index (χ0v) is 24.1. The Kier molecular flexibility index (Phi) is 7.40. The number of ether oxygens (including phenoxy) is 1. The van der Waals surface area contributed by atoms with Gasteiger partial charge in [-0.25, -0.2) is 4.79 Å². The quantitative estimate of drug-likeness (QED) is 0.208. The second-order valence-corrected chi connectivity index (χ2v) is 12.1. The van der Waals surface area contributed by atoms with Crippen LogP contribution in [0.3, 0.4) is 0 Å². The molecule has 1 unspecified atom stereocenters. The molecule has 1 aromatic carbocycles. The molecule has 2 amide bonds. The first-order chi connectivity index (χ1) is 20.2. The molecule has 12 heteroatoms. The van der Waals surface area contributed by atoms with Crippen molar-refractivity contribution in [2.45, 2.75) is 83.0 Å². The van der Waals surface area contributed by atoms with Crippen LogP contribution in [0.2, 0.25) is 0 Å². The van der Waals surface area contributed by atoms with Gasteiger partial charge in [-0.1, -0.05) is 11.2 Å². The summed E-state index contributed by atoms with van der Waals surface area (Å²) in [6, 6.07) is 8.12. The highest BCUT2D eigenvalue weighted by atomic mass is 16.6. The van der Waals surface area contributed by atoms with Crippen molar-refractivity contribution in [1.29, 1.82) is 0 Å². The van der Waals surface area contributed by atoms with E-state index in [4.69, 9.17) is 10.3 Å². The summed E-state index contributed by atoms with van der Waals surface area (Å²) in [5.41, 5.74) is 11.1. The highest BCUT2D eigenvalue weighted by Gasteiger charge is 2.40. The number of rotatable bonds is 9. The third-order valence-electron chi connectivity index (χ3n) is 8.51. The summed E-state index contributed by atoms with van der Waals surface area (Å²) in [5, 5.41) is 8.92. The van der Waals surface area contributed by atoms with Crippen LogP contribution in [0.4, 0.5) is 4.79 Å². The number of carbonyl (C=O) groups is 3. The highest BCUT2D eigenvalue weighted by Crippen LogP contribution is 2.36. The van der Waals surface area contributed by atoms with E-state index in [1.54, 1.807) is 20.0 Å². The third-order valence-corrected chi connectivity index (χ3v) is 8.51. The molecule has 2 fully saturated rings. The second kappa shape index (κ2) is 11.2. The van der Waals surface area contributed by atoms with E-state index in [-0.39, 0.29) is 30.4 Å². The Morgan fingerprint density at radius 2 is 2.00 bits per heavy atom. The topological polar surface area (TPSA) is 138 Å². The number of carbonyl (C=O) groups excluding carboxylic acids is 3. The van der Waals surface area contributed by atoms with Gasteiger partial charge in [0.2, 0.25) is 5.91 Å². The molecule has 0 N–H and O–H groups in total. The number of amides is 2. The molecule has 220 valence electrons. The average molecular weight is 573 g/mol. The Labute approximate surface area is 243 Å². The largest absolute Gasteiger partial charge is 0.442 e. The number of nitrogens with zero attached hydrogens (tertiary/aromatic N) is 8. The van der Waals surface area contributed by atoms with Crippen LogP contribution < -0.4 is 0 Å². The smallest absolute Gasteiger partial charge is 0.435 e. The van der Waals surface area contributed by atoms with Crippen LogP contribution in [-0.2, 0) is 28.9 Å². The van der Waals surface area contributed by atoms with Crippen LogP contribution in [0.1, 0.15) is 67.6 Å². The van der Waals surface area contributed by atoms with Crippen molar-refractivity contribution >= 4 is 28.8 Å². The lowest BCUT2D eigenvalue weighted by Crippen LogP contribution is -2.44. The first-order valence-corrected chi connectivity index (χ1v) is 14.7. The summed E-state index contributed by atoms with van der Waals surface area (Å²) in [6.45, 7) is 5.57. The van der Waals surface area contributed by atoms with Gasteiger partial charge in [0.25, 0.3) is 5.91 Å². The maximum absolute atomic E-state index is 14.2. The van der Waals surface area contributed by atoms with E-state index in [0.717, 1.165) is 54.4 Å². The summed E-state index contributed by atoms with van der Waals surface area (Å²) in [7, 11) is 0. The normalized spacial score (nSPS) is 18.6. The highest BCUT2D eigenvalue weighted by molar-refractivity contribution is 6.07. The predicted molar refractivity (Wildman–Crippen MR) is 155 cm³/mol. The van der Waals surface area contributed by atoms with Crippen molar-refractivity contribution < 1.29 is 19.1 Å². The molecular weight excluding hydrogens is 536 g/mol. The average Bonchev–Trinajstić information content (AvgIpc) is 3.36. The fourth-order valence-electron chi connectivity index (χ4n) is 6.23. The fourth-order valence-corrected chi connectivity index (χ4v) is 6.23. The lowest BCUT2D eigenvalue weighted by molar-refractivity contribution is -0.127. The van der Waals surface area contributed by atoms with Gasteiger partial charge in [-0.15, -0.1) is 0 Å². The molecular formula is C30H36N8O4. The lowest BCUT2D eigenvalue weighted by atomic mass is 9.91. The first kappa shape index (κ1) is 27.8. The van der Waals surface area contributed by atoms with Crippen LogP contribution in [0, 0.1) is 0 Å². The molecule has 1 aliphatic heterocycles. The van der Waals surface area contributed by atoms with Gasteiger partial charge in [-0.3, -0.25) is 9.59 Å². The number of hydrogen-bond acceptors (Lipinski definition) is 6. The molecule has 0 bridgehead atoms. The number of aromatic nitrogens is 3. The molecule has 3 aliphatic rings. The van der Waals surface area contributed by atoms with Crippen molar-refractivity contribution in [2.24, 2.45) is 5.11 Å². The summed E-state index contributed by atoms with van der Waals surface area (Å²) >= 11 is 0. The van der Waals surface area contributed by atoms with Gasteiger partial charge >= 0.3 is 6.09 Å².